The van der Waals surface area contributed by atoms with Crippen molar-refractivity contribution in [1.82, 2.24) is 10.3 Å². The molecule has 0 saturated heterocycles. The Morgan fingerprint density at radius 3 is 3.11 bits per heavy atom. The highest BCUT2D eigenvalue weighted by Crippen LogP contribution is 2.28. The summed E-state index contributed by atoms with van der Waals surface area (Å²) in [4.78, 5) is 4.34. The highest BCUT2D eigenvalue weighted by Gasteiger charge is 2.17. The molecule has 1 aromatic carbocycles. The standard InChI is InChI=1S/C15H18N2S/c1-3-7-13-12(5-1)6-2-4-8-14(13)17-11-15-16-9-10-18-15/h1,3,5,7,9-10,14,17H,2,4,6,8,11H2/t14-/m0/s1. The van der Waals surface area contributed by atoms with Gasteiger partial charge in [0.15, 0.2) is 0 Å². The number of hydrogen-bond acceptors (Lipinski definition) is 3. The Morgan fingerprint density at radius 1 is 1.28 bits per heavy atom. The number of aryl methyl sites for hydroxylation is 1. The number of hydrogen-bond donors (Lipinski definition) is 1. The number of benzene rings is 1. The lowest BCUT2D eigenvalue weighted by Gasteiger charge is -2.18. The highest BCUT2D eigenvalue weighted by molar-refractivity contribution is 7.09. The molecule has 0 unspecified atom stereocenters. The molecule has 1 heterocycles. The van der Waals surface area contributed by atoms with Crippen molar-refractivity contribution >= 4 is 11.3 Å². The number of nitrogens with one attached hydrogen (secondary N) is 1. The van der Waals surface area contributed by atoms with Crippen LogP contribution in [-0.4, -0.2) is 4.98 Å². The van der Waals surface area contributed by atoms with Crippen LogP contribution < -0.4 is 5.32 Å². The molecule has 0 amide bonds. The Balaban J connectivity index is 1.75. The molecule has 2 aromatic rings. The first kappa shape index (κ1) is 11.9. The minimum atomic E-state index is 0.493. The molecule has 0 spiro atoms. The largest absolute Gasteiger partial charge is 0.304 e. The van der Waals surface area contributed by atoms with E-state index in [9.17, 15) is 0 Å². The molecule has 0 saturated carbocycles. The van der Waals surface area contributed by atoms with Crippen molar-refractivity contribution in [3.63, 3.8) is 0 Å². The zero-order valence-corrected chi connectivity index (χ0v) is 11.2. The van der Waals surface area contributed by atoms with E-state index in [1.165, 1.54) is 41.8 Å². The first-order valence-electron chi connectivity index (χ1n) is 6.63. The Morgan fingerprint density at radius 2 is 2.22 bits per heavy atom. The van der Waals surface area contributed by atoms with Crippen LogP contribution in [0.3, 0.4) is 0 Å². The third-order valence-electron chi connectivity index (χ3n) is 3.60. The lowest BCUT2D eigenvalue weighted by atomic mass is 9.99. The fraction of sp³-hybridized carbons (Fsp3) is 0.400. The summed E-state index contributed by atoms with van der Waals surface area (Å²) < 4.78 is 0. The van der Waals surface area contributed by atoms with Crippen LogP contribution in [0, 0.1) is 0 Å². The fourth-order valence-electron chi connectivity index (χ4n) is 2.68. The zero-order valence-electron chi connectivity index (χ0n) is 10.4. The van der Waals surface area contributed by atoms with Crippen molar-refractivity contribution in [2.24, 2.45) is 0 Å². The van der Waals surface area contributed by atoms with E-state index in [0.29, 0.717) is 6.04 Å². The molecule has 1 aliphatic rings. The first-order valence-corrected chi connectivity index (χ1v) is 7.51. The van der Waals surface area contributed by atoms with Gasteiger partial charge in [-0.05, 0) is 30.4 Å². The summed E-state index contributed by atoms with van der Waals surface area (Å²) in [5, 5.41) is 6.89. The van der Waals surface area contributed by atoms with Gasteiger partial charge in [0.1, 0.15) is 5.01 Å². The maximum Gasteiger partial charge on any atom is 0.106 e. The molecule has 18 heavy (non-hydrogen) atoms. The molecule has 0 bridgehead atoms. The number of nitrogens with zero attached hydrogens (tertiary/aromatic N) is 1. The monoisotopic (exact) mass is 258 g/mol. The van der Waals surface area contributed by atoms with E-state index in [1.54, 1.807) is 11.3 Å². The second-order valence-electron chi connectivity index (χ2n) is 4.80. The molecule has 94 valence electrons. The first-order chi connectivity index (χ1) is 8.93. The van der Waals surface area contributed by atoms with E-state index in [0.717, 1.165) is 6.54 Å². The Labute approximate surface area is 112 Å². The van der Waals surface area contributed by atoms with Crippen molar-refractivity contribution < 1.29 is 0 Å². The molecule has 1 aliphatic carbocycles. The molecular formula is C15H18N2S. The summed E-state index contributed by atoms with van der Waals surface area (Å²) >= 11 is 1.72. The lowest BCUT2D eigenvalue weighted by Crippen LogP contribution is -2.21. The molecular weight excluding hydrogens is 240 g/mol. The van der Waals surface area contributed by atoms with Gasteiger partial charge in [-0.3, -0.25) is 0 Å². The van der Waals surface area contributed by atoms with Gasteiger partial charge in [0, 0.05) is 24.2 Å². The molecule has 1 atom stereocenters. The van der Waals surface area contributed by atoms with E-state index in [-0.39, 0.29) is 0 Å². The van der Waals surface area contributed by atoms with Gasteiger partial charge in [0.05, 0.1) is 0 Å². The summed E-state index contributed by atoms with van der Waals surface area (Å²) in [5.74, 6) is 0. The van der Waals surface area contributed by atoms with Gasteiger partial charge in [0.2, 0.25) is 0 Å². The van der Waals surface area contributed by atoms with Crippen LogP contribution in [0.15, 0.2) is 35.8 Å². The predicted molar refractivity (Wildman–Crippen MR) is 75.7 cm³/mol. The number of rotatable bonds is 3. The molecule has 2 nitrogen and oxygen atoms in total. The highest BCUT2D eigenvalue weighted by atomic mass is 32.1. The van der Waals surface area contributed by atoms with Crippen LogP contribution in [0.4, 0.5) is 0 Å². The Kier molecular flexibility index (Phi) is 3.72. The van der Waals surface area contributed by atoms with E-state index in [2.05, 4.69) is 34.6 Å². The van der Waals surface area contributed by atoms with Gasteiger partial charge in [-0.2, -0.15) is 0 Å². The van der Waals surface area contributed by atoms with Crippen molar-refractivity contribution in [2.75, 3.05) is 0 Å². The summed E-state index contributed by atoms with van der Waals surface area (Å²) in [6.45, 7) is 0.886. The summed E-state index contributed by atoms with van der Waals surface area (Å²) in [6.07, 6.45) is 6.97. The predicted octanol–water partition coefficient (Wildman–Crippen LogP) is 3.70. The molecule has 0 fully saturated rings. The average molecular weight is 258 g/mol. The second kappa shape index (κ2) is 5.63. The SMILES string of the molecule is c1ccc2c(c1)CCCC[C@@H]2NCc1nccs1. The van der Waals surface area contributed by atoms with Crippen LogP contribution in [0.2, 0.25) is 0 Å². The number of thiazole rings is 1. The van der Waals surface area contributed by atoms with Crippen LogP contribution in [-0.2, 0) is 13.0 Å². The maximum absolute atomic E-state index is 4.34. The normalized spacial score (nSPS) is 19.2. The van der Waals surface area contributed by atoms with Crippen LogP contribution in [0.5, 0.6) is 0 Å². The number of aromatic nitrogens is 1. The smallest absolute Gasteiger partial charge is 0.106 e. The molecule has 0 radical (unpaired) electrons. The van der Waals surface area contributed by atoms with Gasteiger partial charge in [-0.15, -0.1) is 11.3 Å². The van der Waals surface area contributed by atoms with Crippen molar-refractivity contribution in [2.45, 2.75) is 38.3 Å². The van der Waals surface area contributed by atoms with Crippen molar-refractivity contribution in [3.05, 3.63) is 52.0 Å². The minimum Gasteiger partial charge on any atom is -0.304 e. The third kappa shape index (κ3) is 2.62. The summed E-state index contributed by atoms with van der Waals surface area (Å²) in [6, 6.07) is 9.36. The van der Waals surface area contributed by atoms with Crippen LogP contribution in [0.25, 0.3) is 0 Å². The molecule has 3 rings (SSSR count). The second-order valence-corrected chi connectivity index (χ2v) is 5.78. The van der Waals surface area contributed by atoms with E-state index >= 15 is 0 Å². The van der Waals surface area contributed by atoms with Gasteiger partial charge >= 0.3 is 0 Å². The molecule has 1 N–H and O–H groups in total. The van der Waals surface area contributed by atoms with E-state index < -0.39 is 0 Å². The van der Waals surface area contributed by atoms with Crippen molar-refractivity contribution in [3.8, 4) is 0 Å². The van der Waals surface area contributed by atoms with Gasteiger partial charge < -0.3 is 5.32 Å². The fourth-order valence-corrected chi connectivity index (χ4v) is 3.25. The van der Waals surface area contributed by atoms with Crippen molar-refractivity contribution in [1.29, 1.82) is 0 Å². The van der Waals surface area contributed by atoms with Gasteiger partial charge in [-0.25, -0.2) is 4.98 Å². The van der Waals surface area contributed by atoms with Gasteiger partial charge in [0.25, 0.3) is 0 Å². The van der Waals surface area contributed by atoms with E-state index in [4.69, 9.17) is 0 Å². The molecule has 1 aromatic heterocycles. The zero-order chi connectivity index (χ0) is 12.2. The Hall–Kier alpha value is -1.19. The number of fused-ring (bicyclic) bond motifs is 1. The summed E-state index contributed by atoms with van der Waals surface area (Å²) in [5.41, 5.74) is 3.01. The third-order valence-corrected chi connectivity index (χ3v) is 4.38. The van der Waals surface area contributed by atoms with Gasteiger partial charge in [-0.1, -0.05) is 30.7 Å². The molecule has 0 aliphatic heterocycles. The quantitative estimate of drug-likeness (QED) is 0.849. The average Bonchev–Trinajstić information content (AvgIpc) is 2.84. The lowest BCUT2D eigenvalue weighted by molar-refractivity contribution is 0.488. The Bertz CT molecular complexity index is 493. The minimum absolute atomic E-state index is 0.493. The molecule has 3 heteroatoms. The van der Waals surface area contributed by atoms with Crippen LogP contribution >= 0.6 is 11.3 Å². The van der Waals surface area contributed by atoms with Crippen LogP contribution in [0.1, 0.15) is 41.4 Å². The maximum atomic E-state index is 4.34. The summed E-state index contributed by atoms with van der Waals surface area (Å²) in [7, 11) is 0. The van der Waals surface area contributed by atoms with E-state index in [1.807, 2.05) is 11.6 Å². The topological polar surface area (TPSA) is 24.9 Å².